The van der Waals surface area contributed by atoms with E-state index in [2.05, 4.69) is 0 Å². The number of benzene rings is 1. The lowest BCUT2D eigenvalue weighted by atomic mass is 10.1. The molecule has 70 valence electrons. The molecule has 0 aliphatic heterocycles. The Kier molecular flexibility index (Phi) is 3.62. The predicted octanol–water partition coefficient (Wildman–Crippen LogP) is 3.19. The quantitative estimate of drug-likeness (QED) is 0.686. The Morgan fingerprint density at radius 2 is 2.08 bits per heavy atom. The van der Waals surface area contributed by atoms with Gasteiger partial charge in [-0.15, -0.1) is 0 Å². The first-order chi connectivity index (χ1) is 6.24. The first kappa shape index (κ1) is 9.90. The van der Waals surface area contributed by atoms with Gasteiger partial charge in [0.15, 0.2) is 0 Å². The van der Waals surface area contributed by atoms with Gasteiger partial charge >= 0.3 is 0 Å². The van der Waals surface area contributed by atoms with Gasteiger partial charge in [-0.25, -0.2) is 4.39 Å². The van der Waals surface area contributed by atoms with E-state index in [-0.39, 0.29) is 5.82 Å². The van der Waals surface area contributed by atoms with Crippen LogP contribution in [0.3, 0.4) is 0 Å². The van der Waals surface area contributed by atoms with E-state index >= 15 is 0 Å². The number of halogens is 1. The molecule has 0 spiro atoms. The number of nitrogens with one attached hydrogen (secondary N) is 1. The Hall–Kier alpha value is -1.18. The van der Waals surface area contributed by atoms with E-state index in [0.29, 0.717) is 24.1 Å². The van der Waals surface area contributed by atoms with E-state index in [1.807, 2.05) is 13.0 Å². The molecule has 1 aromatic rings. The third kappa shape index (κ3) is 2.98. The third-order valence-corrected chi connectivity index (χ3v) is 2.08. The molecule has 0 fully saturated rings. The summed E-state index contributed by atoms with van der Waals surface area (Å²) in [7, 11) is 0. The molecule has 0 heterocycles. The SMILES string of the molecule is CCC(=N)CCc1ccccc1F. The van der Waals surface area contributed by atoms with Crippen LogP contribution in [0.25, 0.3) is 0 Å². The Morgan fingerprint density at radius 1 is 1.38 bits per heavy atom. The number of rotatable bonds is 4. The summed E-state index contributed by atoms with van der Waals surface area (Å²) < 4.78 is 13.1. The average molecular weight is 179 g/mol. The molecular weight excluding hydrogens is 165 g/mol. The molecule has 2 heteroatoms. The van der Waals surface area contributed by atoms with Crippen molar-refractivity contribution in [2.45, 2.75) is 26.2 Å². The van der Waals surface area contributed by atoms with Crippen molar-refractivity contribution < 1.29 is 4.39 Å². The van der Waals surface area contributed by atoms with Crippen molar-refractivity contribution in [2.24, 2.45) is 0 Å². The van der Waals surface area contributed by atoms with Crippen LogP contribution in [0.2, 0.25) is 0 Å². The van der Waals surface area contributed by atoms with Crippen LogP contribution >= 0.6 is 0 Å². The van der Waals surface area contributed by atoms with Crippen LogP contribution in [0.1, 0.15) is 25.3 Å². The molecule has 0 aliphatic rings. The van der Waals surface area contributed by atoms with Gasteiger partial charge in [-0.3, -0.25) is 0 Å². The lowest BCUT2D eigenvalue weighted by Crippen LogP contribution is -1.98. The van der Waals surface area contributed by atoms with Crippen molar-refractivity contribution >= 4 is 5.71 Å². The largest absolute Gasteiger partial charge is 0.310 e. The Labute approximate surface area is 78.1 Å². The summed E-state index contributed by atoms with van der Waals surface area (Å²) in [6, 6.07) is 6.75. The summed E-state index contributed by atoms with van der Waals surface area (Å²) in [5.74, 6) is -0.161. The maximum Gasteiger partial charge on any atom is 0.126 e. The highest BCUT2D eigenvalue weighted by atomic mass is 19.1. The highest BCUT2D eigenvalue weighted by Crippen LogP contribution is 2.09. The second-order valence-corrected chi connectivity index (χ2v) is 3.05. The van der Waals surface area contributed by atoms with Gasteiger partial charge in [-0.05, 0) is 30.9 Å². The van der Waals surface area contributed by atoms with Crippen LogP contribution < -0.4 is 0 Å². The minimum atomic E-state index is -0.161. The zero-order chi connectivity index (χ0) is 9.68. The molecule has 0 radical (unpaired) electrons. The highest BCUT2D eigenvalue weighted by molar-refractivity contribution is 5.81. The van der Waals surface area contributed by atoms with Crippen molar-refractivity contribution in [3.05, 3.63) is 35.6 Å². The molecule has 0 unspecified atom stereocenters. The number of aryl methyl sites for hydroxylation is 1. The van der Waals surface area contributed by atoms with Crippen LogP contribution in [0.5, 0.6) is 0 Å². The zero-order valence-corrected chi connectivity index (χ0v) is 7.81. The number of hydrogen-bond acceptors (Lipinski definition) is 1. The van der Waals surface area contributed by atoms with Gasteiger partial charge in [0, 0.05) is 5.71 Å². The summed E-state index contributed by atoms with van der Waals surface area (Å²) >= 11 is 0. The third-order valence-electron chi connectivity index (χ3n) is 2.08. The summed E-state index contributed by atoms with van der Waals surface area (Å²) in [5.41, 5.74) is 1.39. The molecule has 0 bridgehead atoms. The molecule has 1 rings (SSSR count). The van der Waals surface area contributed by atoms with Crippen LogP contribution in [0.15, 0.2) is 24.3 Å². The first-order valence-electron chi connectivity index (χ1n) is 4.53. The van der Waals surface area contributed by atoms with Gasteiger partial charge in [-0.1, -0.05) is 25.1 Å². The minimum absolute atomic E-state index is 0.161. The maximum absolute atomic E-state index is 13.1. The zero-order valence-electron chi connectivity index (χ0n) is 7.81. The summed E-state index contributed by atoms with van der Waals surface area (Å²) in [5, 5.41) is 7.43. The van der Waals surface area contributed by atoms with Crippen LogP contribution in [0, 0.1) is 11.2 Å². The van der Waals surface area contributed by atoms with Gasteiger partial charge < -0.3 is 5.41 Å². The fraction of sp³-hybridized carbons (Fsp3) is 0.364. The Morgan fingerprint density at radius 3 is 2.69 bits per heavy atom. The van der Waals surface area contributed by atoms with E-state index < -0.39 is 0 Å². The topological polar surface area (TPSA) is 23.9 Å². The van der Waals surface area contributed by atoms with E-state index in [1.54, 1.807) is 12.1 Å². The monoisotopic (exact) mass is 179 g/mol. The Balaban J connectivity index is 2.54. The summed E-state index contributed by atoms with van der Waals surface area (Å²) in [6.07, 6.45) is 2.06. The fourth-order valence-electron chi connectivity index (χ4n) is 1.16. The van der Waals surface area contributed by atoms with Gasteiger partial charge in [0.25, 0.3) is 0 Å². The molecular formula is C11H14FN. The molecule has 1 N–H and O–H groups in total. The number of hydrogen-bond donors (Lipinski definition) is 1. The molecule has 13 heavy (non-hydrogen) atoms. The molecule has 0 saturated heterocycles. The normalized spacial score (nSPS) is 10.0. The molecule has 0 aliphatic carbocycles. The maximum atomic E-state index is 13.1. The van der Waals surface area contributed by atoms with E-state index in [9.17, 15) is 4.39 Å². The second kappa shape index (κ2) is 4.75. The van der Waals surface area contributed by atoms with Crippen LogP contribution in [-0.4, -0.2) is 5.71 Å². The van der Waals surface area contributed by atoms with Crippen molar-refractivity contribution in [3.8, 4) is 0 Å². The second-order valence-electron chi connectivity index (χ2n) is 3.05. The first-order valence-corrected chi connectivity index (χ1v) is 4.53. The lowest BCUT2D eigenvalue weighted by molar-refractivity contribution is 0.610. The smallest absolute Gasteiger partial charge is 0.126 e. The standard InChI is InChI=1S/C11H14FN/c1-2-10(13)8-7-9-5-3-4-6-11(9)12/h3-6,13H,2,7-8H2,1H3. The summed E-state index contributed by atoms with van der Waals surface area (Å²) in [4.78, 5) is 0. The molecule has 1 aromatic carbocycles. The minimum Gasteiger partial charge on any atom is -0.310 e. The Bertz CT molecular complexity index is 294. The van der Waals surface area contributed by atoms with Crippen molar-refractivity contribution in [1.29, 1.82) is 5.41 Å². The van der Waals surface area contributed by atoms with Gasteiger partial charge in [0.05, 0.1) is 0 Å². The van der Waals surface area contributed by atoms with Crippen molar-refractivity contribution in [2.75, 3.05) is 0 Å². The van der Waals surface area contributed by atoms with E-state index in [4.69, 9.17) is 5.41 Å². The highest BCUT2D eigenvalue weighted by Gasteiger charge is 2.01. The van der Waals surface area contributed by atoms with Crippen LogP contribution in [-0.2, 0) is 6.42 Å². The molecule has 0 amide bonds. The lowest BCUT2D eigenvalue weighted by Gasteiger charge is -2.02. The van der Waals surface area contributed by atoms with E-state index in [1.165, 1.54) is 6.07 Å². The van der Waals surface area contributed by atoms with Crippen LogP contribution in [0.4, 0.5) is 4.39 Å². The molecule has 0 aromatic heterocycles. The van der Waals surface area contributed by atoms with E-state index in [0.717, 1.165) is 6.42 Å². The van der Waals surface area contributed by atoms with Gasteiger partial charge in [-0.2, -0.15) is 0 Å². The molecule has 0 saturated carbocycles. The fourth-order valence-corrected chi connectivity index (χ4v) is 1.16. The van der Waals surface area contributed by atoms with Gasteiger partial charge in [0.2, 0.25) is 0 Å². The average Bonchev–Trinajstić information content (AvgIpc) is 2.16. The van der Waals surface area contributed by atoms with Crippen molar-refractivity contribution in [3.63, 3.8) is 0 Å². The van der Waals surface area contributed by atoms with Crippen molar-refractivity contribution in [1.82, 2.24) is 0 Å². The molecule has 1 nitrogen and oxygen atoms in total. The predicted molar refractivity (Wildman–Crippen MR) is 52.7 cm³/mol. The summed E-state index contributed by atoms with van der Waals surface area (Å²) in [6.45, 7) is 1.95. The van der Waals surface area contributed by atoms with Gasteiger partial charge in [0.1, 0.15) is 5.82 Å². The molecule has 0 atom stereocenters.